The summed E-state index contributed by atoms with van der Waals surface area (Å²) in [6.45, 7) is 0. The molecule has 0 amide bonds. The van der Waals surface area contributed by atoms with Crippen molar-refractivity contribution < 1.29 is 0 Å². The lowest BCUT2D eigenvalue weighted by molar-refractivity contribution is 0.261. The minimum atomic E-state index is 0.104. The van der Waals surface area contributed by atoms with Crippen LogP contribution in [0.5, 0.6) is 0 Å². The summed E-state index contributed by atoms with van der Waals surface area (Å²) in [5.74, 6) is 0.640. The van der Waals surface area contributed by atoms with Gasteiger partial charge < -0.3 is 5.73 Å². The van der Waals surface area contributed by atoms with E-state index in [1.54, 1.807) is 18.6 Å². The van der Waals surface area contributed by atoms with Gasteiger partial charge in [0.15, 0.2) is 0 Å². The molecule has 0 saturated heterocycles. The van der Waals surface area contributed by atoms with Crippen LogP contribution in [0.15, 0.2) is 18.6 Å². The third-order valence-electron chi connectivity index (χ3n) is 2.58. The smallest absolute Gasteiger partial charge is 0.0756 e. The molecule has 1 heterocycles. The number of aromatic nitrogens is 2. The molecular formula is C9H13N3. The molecule has 2 rings (SSSR count). The molecule has 12 heavy (non-hydrogen) atoms. The molecule has 2 N–H and O–H groups in total. The van der Waals surface area contributed by atoms with E-state index in [4.69, 9.17) is 5.73 Å². The molecule has 1 aromatic heterocycles. The monoisotopic (exact) mass is 163 g/mol. The Bertz CT molecular complexity index is 243. The average molecular weight is 163 g/mol. The largest absolute Gasteiger partial charge is 0.322 e. The molecule has 0 aromatic carbocycles. The minimum Gasteiger partial charge on any atom is -0.322 e. The van der Waals surface area contributed by atoms with Crippen LogP contribution in [0.25, 0.3) is 0 Å². The Morgan fingerprint density at radius 3 is 2.75 bits per heavy atom. The van der Waals surface area contributed by atoms with Crippen molar-refractivity contribution in [3.05, 3.63) is 24.3 Å². The Balaban J connectivity index is 2.08. The predicted molar refractivity (Wildman–Crippen MR) is 46.3 cm³/mol. The molecule has 0 bridgehead atoms. The second-order valence-corrected chi connectivity index (χ2v) is 3.35. The van der Waals surface area contributed by atoms with E-state index in [-0.39, 0.29) is 6.04 Å². The van der Waals surface area contributed by atoms with Crippen molar-refractivity contribution in [3.8, 4) is 0 Å². The van der Waals surface area contributed by atoms with Crippen molar-refractivity contribution in [1.29, 1.82) is 0 Å². The molecule has 1 aliphatic carbocycles. The van der Waals surface area contributed by atoms with Gasteiger partial charge in [-0.15, -0.1) is 0 Å². The van der Waals surface area contributed by atoms with Gasteiger partial charge in [0, 0.05) is 18.6 Å². The number of hydrogen-bond donors (Lipinski definition) is 1. The number of nitrogens with zero attached hydrogens (tertiary/aromatic N) is 2. The van der Waals surface area contributed by atoms with E-state index < -0.39 is 0 Å². The fourth-order valence-corrected chi connectivity index (χ4v) is 1.52. The van der Waals surface area contributed by atoms with E-state index in [0.717, 1.165) is 5.69 Å². The molecule has 1 unspecified atom stereocenters. The average Bonchev–Trinajstić information content (AvgIpc) is 2.03. The standard InChI is InChI=1S/C9H13N3/c10-9(7-2-1-3-7)8-6-11-4-5-12-8/h4-7,9H,1-3,10H2. The Labute approximate surface area is 72.0 Å². The lowest BCUT2D eigenvalue weighted by atomic mass is 9.79. The molecule has 1 fully saturated rings. The molecule has 0 spiro atoms. The number of rotatable bonds is 2. The zero-order valence-corrected chi connectivity index (χ0v) is 6.98. The second-order valence-electron chi connectivity index (χ2n) is 3.35. The quantitative estimate of drug-likeness (QED) is 0.714. The Morgan fingerprint density at radius 1 is 1.42 bits per heavy atom. The van der Waals surface area contributed by atoms with Gasteiger partial charge in [-0.3, -0.25) is 9.97 Å². The van der Waals surface area contributed by atoms with Crippen LogP contribution in [0.2, 0.25) is 0 Å². The van der Waals surface area contributed by atoms with E-state index in [1.165, 1.54) is 19.3 Å². The highest BCUT2D eigenvalue weighted by Gasteiger charge is 2.26. The normalized spacial score (nSPS) is 20.1. The molecular weight excluding hydrogens is 150 g/mol. The molecule has 3 heteroatoms. The topological polar surface area (TPSA) is 51.8 Å². The summed E-state index contributed by atoms with van der Waals surface area (Å²) < 4.78 is 0. The van der Waals surface area contributed by atoms with Gasteiger partial charge >= 0.3 is 0 Å². The lowest BCUT2D eigenvalue weighted by Gasteiger charge is -2.30. The van der Waals surface area contributed by atoms with Crippen LogP contribution in [0.4, 0.5) is 0 Å². The van der Waals surface area contributed by atoms with Gasteiger partial charge in [-0.25, -0.2) is 0 Å². The number of nitrogens with two attached hydrogens (primary N) is 1. The van der Waals surface area contributed by atoms with Gasteiger partial charge in [0.2, 0.25) is 0 Å². The second kappa shape index (κ2) is 3.19. The van der Waals surface area contributed by atoms with Gasteiger partial charge in [0.25, 0.3) is 0 Å². The zero-order chi connectivity index (χ0) is 8.39. The fraction of sp³-hybridized carbons (Fsp3) is 0.556. The van der Waals surface area contributed by atoms with Crippen LogP contribution in [0.3, 0.4) is 0 Å². The van der Waals surface area contributed by atoms with Gasteiger partial charge in [-0.1, -0.05) is 6.42 Å². The SMILES string of the molecule is NC(c1cnccn1)C1CCC1. The Morgan fingerprint density at radius 2 is 2.25 bits per heavy atom. The summed E-state index contributed by atoms with van der Waals surface area (Å²) in [5.41, 5.74) is 6.93. The minimum absolute atomic E-state index is 0.104. The lowest BCUT2D eigenvalue weighted by Crippen LogP contribution is -2.27. The van der Waals surface area contributed by atoms with E-state index in [9.17, 15) is 0 Å². The van der Waals surface area contributed by atoms with Crippen molar-refractivity contribution in [2.75, 3.05) is 0 Å². The Kier molecular flexibility index (Phi) is 2.04. The summed E-state index contributed by atoms with van der Waals surface area (Å²) in [6.07, 6.45) is 8.96. The van der Waals surface area contributed by atoms with Crippen LogP contribution >= 0.6 is 0 Å². The van der Waals surface area contributed by atoms with Crippen molar-refractivity contribution in [3.63, 3.8) is 0 Å². The number of hydrogen-bond acceptors (Lipinski definition) is 3. The summed E-state index contributed by atoms with van der Waals surface area (Å²) in [7, 11) is 0. The first-order valence-electron chi connectivity index (χ1n) is 4.39. The van der Waals surface area contributed by atoms with Gasteiger partial charge in [-0.2, -0.15) is 0 Å². The first kappa shape index (κ1) is 7.68. The molecule has 0 radical (unpaired) electrons. The van der Waals surface area contributed by atoms with E-state index in [1.807, 2.05) is 0 Å². The molecule has 64 valence electrons. The maximum Gasteiger partial charge on any atom is 0.0756 e. The summed E-state index contributed by atoms with van der Waals surface area (Å²) in [4.78, 5) is 8.20. The zero-order valence-electron chi connectivity index (χ0n) is 6.98. The highest BCUT2D eigenvalue weighted by molar-refractivity contribution is 5.04. The predicted octanol–water partition coefficient (Wildman–Crippen LogP) is 1.28. The van der Waals surface area contributed by atoms with Gasteiger partial charge in [-0.05, 0) is 18.8 Å². The maximum atomic E-state index is 6.00. The van der Waals surface area contributed by atoms with Gasteiger partial charge in [0.05, 0.1) is 11.7 Å². The van der Waals surface area contributed by atoms with Gasteiger partial charge in [0.1, 0.15) is 0 Å². The molecule has 1 saturated carbocycles. The van der Waals surface area contributed by atoms with E-state index >= 15 is 0 Å². The van der Waals surface area contributed by atoms with E-state index in [2.05, 4.69) is 9.97 Å². The molecule has 0 aliphatic heterocycles. The summed E-state index contributed by atoms with van der Waals surface area (Å²) in [5, 5.41) is 0. The summed E-state index contributed by atoms with van der Waals surface area (Å²) >= 11 is 0. The molecule has 1 aromatic rings. The van der Waals surface area contributed by atoms with Crippen LogP contribution in [-0.2, 0) is 0 Å². The summed E-state index contributed by atoms with van der Waals surface area (Å²) in [6, 6.07) is 0.104. The van der Waals surface area contributed by atoms with Crippen LogP contribution in [0.1, 0.15) is 31.0 Å². The highest BCUT2D eigenvalue weighted by atomic mass is 14.8. The van der Waals surface area contributed by atoms with E-state index in [0.29, 0.717) is 5.92 Å². The van der Waals surface area contributed by atoms with Crippen LogP contribution in [0, 0.1) is 5.92 Å². The van der Waals surface area contributed by atoms with Crippen LogP contribution < -0.4 is 5.73 Å². The highest BCUT2D eigenvalue weighted by Crippen LogP contribution is 2.34. The first-order chi connectivity index (χ1) is 5.88. The van der Waals surface area contributed by atoms with Crippen molar-refractivity contribution >= 4 is 0 Å². The van der Waals surface area contributed by atoms with Crippen molar-refractivity contribution in [2.24, 2.45) is 11.7 Å². The molecule has 3 nitrogen and oxygen atoms in total. The van der Waals surface area contributed by atoms with Crippen molar-refractivity contribution in [2.45, 2.75) is 25.3 Å². The third-order valence-corrected chi connectivity index (χ3v) is 2.58. The molecule has 1 atom stereocenters. The van der Waals surface area contributed by atoms with Crippen LogP contribution in [-0.4, -0.2) is 9.97 Å². The fourth-order valence-electron chi connectivity index (χ4n) is 1.52. The first-order valence-corrected chi connectivity index (χ1v) is 4.39. The maximum absolute atomic E-state index is 6.00. The Hall–Kier alpha value is -0.960. The van der Waals surface area contributed by atoms with Crippen molar-refractivity contribution in [1.82, 2.24) is 9.97 Å². The third kappa shape index (κ3) is 1.32. The molecule has 1 aliphatic rings.